The summed E-state index contributed by atoms with van der Waals surface area (Å²) in [6, 6.07) is -0.715. The van der Waals surface area contributed by atoms with E-state index in [1.807, 2.05) is 0 Å². The van der Waals surface area contributed by atoms with E-state index < -0.39 is 18.2 Å². The molecule has 6 heteroatoms. The number of hydrogen-bond acceptors (Lipinski definition) is 5. The third kappa shape index (κ3) is 44.4. The highest BCUT2D eigenvalue weighted by atomic mass is 16.5. The summed E-state index contributed by atoms with van der Waals surface area (Å²) in [6.45, 7) is 6.37. The molecular formula is C56H103NO5. The summed E-state index contributed by atoms with van der Waals surface area (Å²) in [7, 11) is 0. The number of carbonyl (C=O) groups is 2. The summed E-state index contributed by atoms with van der Waals surface area (Å²) in [6.07, 6.45) is 60.3. The van der Waals surface area contributed by atoms with Crippen LogP contribution < -0.4 is 5.32 Å². The van der Waals surface area contributed by atoms with Crippen LogP contribution in [0.3, 0.4) is 0 Å². The second-order valence-corrected chi connectivity index (χ2v) is 18.2. The third-order valence-corrected chi connectivity index (χ3v) is 12.1. The Hall–Kier alpha value is -2.18. The van der Waals surface area contributed by atoms with Gasteiger partial charge >= 0.3 is 5.97 Å². The zero-order chi connectivity index (χ0) is 45.2. The Bertz CT molecular complexity index is 1070. The van der Waals surface area contributed by atoms with Gasteiger partial charge in [0.1, 0.15) is 6.10 Å². The molecule has 1 amide bonds. The van der Waals surface area contributed by atoms with Gasteiger partial charge in [0.05, 0.1) is 25.2 Å². The lowest BCUT2D eigenvalue weighted by Gasteiger charge is -2.24. The van der Waals surface area contributed by atoms with Crippen molar-refractivity contribution in [1.29, 1.82) is 0 Å². The fraction of sp³-hybridized carbons (Fsp3) is 0.821. The first-order valence-electron chi connectivity index (χ1n) is 26.9. The van der Waals surface area contributed by atoms with E-state index in [-0.39, 0.29) is 24.9 Å². The summed E-state index contributed by atoms with van der Waals surface area (Å²) in [5.41, 5.74) is 0. The van der Waals surface area contributed by atoms with E-state index in [0.29, 0.717) is 19.3 Å². The number of hydrogen-bond donors (Lipinski definition) is 3. The average Bonchev–Trinajstić information content (AvgIpc) is 3.26. The molecule has 0 heterocycles. The quantitative estimate of drug-likeness (QED) is 0.0322. The highest BCUT2D eigenvalue weighted by Gasteiger charge is 2.24. The van der Waals surface area contributed by atoms with Gasteiger partial charge < -0.3 is 20.3 Å². The largest absolute Gasteiger partial charge is 0.462 e. The van der Waals surface area contributed by atoms with E-state index in [2.05, 4.69) is 74.7 Å². The van der Waals surface area contributed by atoms with Gasteiger partial charge in [-0.3, -0.25) is 9.59 Å². The van der Waals surface area contributed by atoms with Crippen LogP contribution in [-0.2, 0) is 14.3 Å². The summed E-state index contributed by atoms with van der Waals surface area (Å²) < 4.78 is 5.91. The van der Waals surface area contributed by atoms with E-state index in [1.54, 1.807) is 0 Å². The molecule has 0 aromatic carbocycles. The maximum absolute atomic E-state index is 13.2. The standard InChI is InChI=1S/C56H103NO5/c1-4-7-10-13-16-19-22-25-27-29-31-34-37-40-43-46-49-56(61)62-52(47-44-41-38-35-32-24-21-18-15-12-9-6-3)50-55(60)57-53(51-58)54(59)48-45-42-39-36-33-30-28-26-23-20-17-14-11-8-5-2/h9,12,18,21,27,29,32,35,52-54,58-59H,4-8,10-11,13-17,19-20,22-26,28,30-31,33-34,36-51H2,1-3H3,(H,57,60)/b12-9+,21-18+,29-27+,35-32+. The van der Waals surface area contributed by atoms with Crippen molar-refractivity contribution in [2.45, 2.75) is 289 Å². The lowest BCUT2D eigenvalue weighted by atomic mass is 10.0. The van der Waals surface area contributed by atoms with Crippen molar-refractivity contribution < 1.29 is 24.5 Å². The molecule has 0 saturated carbocycles. The second kappa shape index (κ2) is 49.8. The van der Waals surface area contributed by atoms with Crippen LogP contribution in [0.4, 0.5) is 0 Å². The van der Waals surface area contributed by atoms with Crippen LogP contribution >= 0.6 is 0 Å². The van der Waals surface area contributed by atoms with E-state index >= 15 is 0 Å². The first-order chi connectivity index (χ1) is 30.5. The minimum absolute atomic E-state index is 0.0491. The first-order valence-corrected chi connectivity index (χ1v) is 26.9. The molecule has 362 valence electrons. The van der Waals surface area contributed by atoms with Crippen LogP contribution in [0.25, 0.3) is 0 Å². The molecule has 0 rings (SSSR count). The van der Waals surface area contributed by atoms with Crippen molar-refractivity contribution in [3.8, 4) is 0 Å². The van der Waals surface area contributed by atoms with Crippen molar-refractivity contribution in [3.05, 3.63) is 48.6 Å². The molecule has 0 bridgehead atoms. The van der Waals surface area contributed by atoms with Crippen molar-refractivity contribution in [1.82, 2.24) is 5.32 Å². The van der Waals surface area contributed by atoms with Gasteiger partial charge in [-0.1, -0.05) is 223 Å². The third-order valence-electron chi connectivity index (χ3n) is 12.1. The number of unbranched alkanes of at least 4 members (excludes halogenated alkanes) is 28. The molecule has 62 heavy (non-hydrogen) atoms. The predicted octanol–water partition coefficient (Wildman–Crippen LogP) is 16.2. The summed E-state index contributed by atoms with van der Waals surface area (Å²) >= 11 is 0. The molecule has 0 aliphatic heterocycles. The van der Waals surface area contributed by atoms with Crippen molar-refractivity contribution in [2.24, 2.45) is 0 Å². The van der Waals surface area contributed by atoms with Crippen LogP contribution in [0.5, 0.6) is 0 Å². The van der Waals surface area contributed by atoms with Crippen molar-refractivity contribution in [2.75, 3.05) is 6.61 Å². The molecule has 0 aliphatic rings. The Kier molecular flexibility index (Phi) is 48.1. The number of ether oxygens (including phenoxy) is 1. The highest BCUT2D eigenvalue weighted by Crippen LogP contribution is 2.17. The predicted molar refractivity (Wildman–Crippen MR) is 269 cm³/mol. The molecule has 0 aromatic heterocycles. The lowest BCUT2D eigenvalue weighted by molar-refractivity contribution is -0.151. The summed E-state index contributed by atoms with van der Waals surface area (Å²) in [5.74, 6) is -0.516. The summed E-state index contributed by atoms with van der Waals surface area (Å²) in [4.78, 5) is 26.1. The van der Waals surface area contributed by atoms with E-state index in [0.717, 1.165) is 83.5 Å². The maximum Gasteiger partial charge on any atom is 0.306 e. The molecule has 0 aliphatic carbocycles. The molecule has 3 N–H and O–H groups in total. The van der Waals surface area contributed by atoms with Gasteiger partial charge in [-0.15, -0.1) is 0 Å². The number of carbonyl (C=O) groups excluding carboxylic acids is 2. The van der Waals surface area contributed by atoms with Gasteiger partial charge in [-0.05, 0) is 83.5 Å². The zero-order valence-electron chi connectivity index (χ0n) is 41.3. The van der Waals surface area contributed by atoms with Crippen LogP contribution in [0.1, 0.15) is 271 Å². The van der Waals surface area contributed by atoms with Gasteiger partial charge in [0.2, 0.25) is 5.91 Å². The smallest absolute Gasteiger partial charge is 0.306 e. The van der Waals surface area contributed by atoms with E-state index in [1.165, 1.54) is 141 Å². The topological polar surface area (TPSA) is 95.9 Å². The average molecular weight is 870 g/mol. The first kappa shape index (κ1) is 59.8. The molecular weight excluding hydrogens is 767 g/mol. The molecule has 0 aromatic rings. The Morgan fingerprint density at radius 3 is 1.35 bits per heavy atom. The number of amides is 1. The van der Waals surface area contributed by atoms with Crippen LogP contribution in [-0.4, -0.2) is 46.9 Å². The number of aliphatic hydroxyl groups excluding tert-OH is 2. The maximum atomic E-state index is 13.2. The fourth-order valence-corrected chi connectivity index (χ4v) is 8.09. The van der Waals surface area contributed by atoms with Gasteiger partial charge in [0.25, 0.3) is 0 Å². The number of aliphatic hydroxyl groups is 2. The number of esters is 1. The Morgan fingerprint density at radius 1 is 0.484 bits per heavy atom. The summed E-state index contributed by atoms with van der Waals surface area (Å²) in [5, 5.41) is 23.8. The van der Waals surface area contributed by atoms with E-state index in [4.69, 9.17) is 4.74 Å². The molecule has 3 unspecified atom stereocenters. The molecule has 0 saturated heterocycles. The normalized spacial score (nSPS) is 13.6. The number of nitrogens with one attached hydrogen (secondary N) is 1. The van der Waals surface area contributed by atoms with Gasteiger partial charge in [0, 0.05) is 6.42 Å². The van der Waals surface area contributed by atoms with Gasteiger partial charge in [-0.2, -0.15) is 0 Å². The highest BCUT2D eigenvalue weighted by molar-refractivity contribution is 5.77. The fourth-order valence-electron chi connectivity index (χ4n) is 8.09. The van der Waals surface area contributed by atoms with Crippen molar-refractivity contribution in [3.63, 3.8) is 0 Å². The van der Waals surface area contributed by atoms with Crippen molar-refractivity contribution >= 4 is 11.9 Å². The van der Waals surface area contributed by atoms with Crippen LogP contribution in [0.2, 0.25) is 0 Å². The second-order valence-electron chi connectivity index (χ2n) is 18.2. The number of rotatable bonds is 48. The lowest BCUT2D eigenvalue weighted by Crippen LogP contribution is -2.46. The minimum atomic E-state index is -0.799. The molecule has 0 fully saturated rings. The Balaban J connectivity index is 4.56. The monoisotopic (exact) mass is 870 g/mol. The Morgan fingerprint density at radius 2 is 0.871 bits per heavy atom. The Labute approximate surface area is 385 Å². The van der Waals surface area contributed by atoms with Gasteiger partial charge in [0.15, 0.2) is 0 Å². The zero-order valence-corrected chi connectivity index (χ0v) is 41.3. The van der Waals surface area contributed by atoms with Crippen LogP contribution in [0.15, 0.2) is 48.6 Å². The van der Waals surface area contributed by atoms with Gasteiger partial charge in [-0.25, -0.2) is 0 Å². The number of allylic oxidation sites excluding steroid dienone is 8. The molecule has 0 radical (unpaired) electrons. The van der Waals surface area contributed by atoms with E-state index in [9.17, 15) is 19.8 Å². The molecule has 6 nitrogen and oxygen atoms in total. The molecule has 0 spiro atoms. The minimum Gasteiger partial charge on any atom is -0.462 e. The molecule has 3 atom stereocenters. The van der Waals surface area contributed by atoms with Crippen LogP contribution in [0, 0.1) is 0 Å². The SMILES string of the molecule is CC/C=C/C/C=C/C/C=C/CCCCC(CC(=O)NC(CO)C(O)CCCCCCCCCCCCCCCCC)OC(=O)CCCCCCC/C=C/CCCCCCCCC.